The molecule has 0 aromatic heterocycles. The number of sulfonamides is 1. The first-order valence-electron chi connectivity index (χ1n) is 11.2. The van der Waals surface area contributed by atoms with E-state index in [9.17, 15) is 13.2 Å². The predicted octanol–water partition coefficient (Wildman–Crippen LogP) is 3.39. The van der Waals surface area contributed by atoms with Crippen molar-refractivity contribution >= 4 is 27.5 Å². The second kappa shape index (κ2) is 9.91. The van der Waals surface area contributed by atoms with Crippen LogP contribution < -0.4 is 0 Å². The number of hydrogen-bond acceptors (Lipinski definition) is 4. The quantitative estimate of drug-likeness (QED) is 0.665. The first-order chi connectivity index (χ1) is 15.3. The lowest BCUT2D eigenvalue weighted by atomic mass is 9.96. The van der Waals surface area contributed by atoms with Crippen LogP contribution in [0.1, 0.15) is 24.0 Å². The second-order valence-electron chi connectivity index (χ2n) is 8.72. The third-order valence-corrected chi connectivity index (χ3v) is 8.59. The van der Waals surface area contributed by atoms with Crippen molar-refractivity contribution in [2.75, 3.05) is 39.3 Å². The van der Waals surface area contributed by atoms with E-state index in [1.165, 1.54) is 27.6 Å². The van der Waals surface area contributed by atoms with Crippen LogP contribution in [0.4, 0.5) is 0 Å². The Morgan fingerprint density at radius 2 is 1.62 bits per heavy atom. The van der Waals surface area contributed by atoms with E-state index in [1.54, 1.807) is 12.1 Å². The first kappa shape index (κ1) is 23.2. The first-order valence-corrected chi connectivity index (χ1v) is 13.0. The van der Waals surface area contributed by atoms with Gasteiger partial charge in [-0.3, -0.25) is 9.69 Å². The number of benzene rings is 2. The molecule has 32 heavy (non-hydrogen) atoms. The van der Waals surface area contributed by atoms with Crippen LogP contribution in [0.25, 0.3) is 0 Å². The minimum atomic E-state index is -3.55. The Hall–Kier alpha value is -1.93. The average Bonchev–Trinajstić information content (AvgIpc) is 2.79. The topological polar surface area (TPSA) is 60.9 Å². The van der Waals surface area contributed by atoms with Crippen molar-refractivity contribution < 1.29 is 13.2 Å². The fourth-order valence-corrected chi connectivity index (χ4v) is 6.15. The van der Waals surface area contributed by atoms with Gasteiger partial charge in [0.2, 0.25) is 15.9 Å². The molecule has 2 aromatic rings. The van der Waals surface area contributed by atoms with Crippen molar-refractivity contribution in [3.63, 3.8) is 0 Å². The Morgan fingerprint density at radius 3 is 2.25 bits per heavy atom. The zero-order chi connectivity index (χ0) is 22.7. The monoisotopic (exact) mass is 475 g/mol. The summed E-state index contributed by atoms with van der Waals surface area (Å²) in [6, 6.07) is 14.8. The van der Waals surface area contributed by atoms with Gasteiger partial charge in [0.25, 0.3) is 0 Å². The highest BCUT2D eigenvalue weighted by atomic mass is 35.5. The zero-order valence-corrected chi connectivity index (χ0v) is 20.0. The van der Waals surface area contributed by atoms with Gasteiger partial charge in [0.1, 0.15) is 0 Å². The molecule has 6 nitrogen and oxygen atoms in total. The molecule has 172 valence electrons. The van der Waals surface area contributed by atoms with Gasteiger partial charge in [-0.25, -0.2) is 8.42 Å². The summed E-state index contributed by atoms with van der Waals surface area (Å²) in [7, 11) is -3.55. The summed E-state index contributed by atoms with van der Waals surface area (Å²) >= 11 is 5.88. The van der Waals surface area contributed by atoms with Gasteiger partial charge in [-0.2, -0.15) is 4.31 Å². The lowest BCUT2D eigenvalue weighted by Crippen LogP contribution is -2.51. The van der Waals surface area contributed by atoms with Crippen LogP contribution in [0.2, 0.25) is 5.02 Å². The lowest BCUT2D eigenvalue weighted by molar-refractivity contribution is -0.138. The van der Waals surface area contributed by atoms with Crippen LogP contribution in [0.3, 0.4) is 0 Å². The van der Waals surface area contributed by atoms with Crippen molar-refractivity contribution in [2.24, 2.45) is 5.92 Å². The van der Waals surface area contributed by atoms with Gasteiger partial charge in [-0.15, -0.1) is 0 Å². The van der Waals surface area contributed by atoms with Crippen LogP contribution in [-0.2, 0) is 21.4 Å². The lowest BCUT2D eigenvalue weighted by Gasteiger charge is -2.38. The molecule has 2 fully saturated rings. The van der Waals surface area contributed by atoms with Crippen molar-refractivity contribution in [3.05, 3.63) is 64.7 Å². The molecule has 0 atom stereocenters. The second-order valence-corrected chi connectivity index (χ2v) is 11.1. The van der Waals surface area contributed by atoms with Gasteiger partial charge in [0.15, 0.2) is 0 Å². The number of hydrogen-bond donors (Lipinski definition) is 0. The Morgan fingerprint density at radius 1 is 0.969 bits per heavy atom. The smallest absolute Gasteiger partial charge is 0.243 e. The molecule has 2 aliphatic rings. The number of halogens is 1. The molecule has 0 aliphatic carbocycles. The van der Waals surface area contributed by atoms with Crippen LogP contribution in [-0.4, -0.2) is 67.7 Å². The summed E-state index contributed by atoms with van der Waals surface area (Å²) in [6.45, 7) is 6.94. The molecule has 0 unspecified atom stereocenters. The molecule has 2 aliphatic heterocycles. The number of piperidine rings is 1. The van der Waals surface area contributed by atoms with E-state index in [0.29, 0.717) is 31.0 Å². The molecule has 4 rings (SSSR count). The number of aryl methyl sites for hydroxylation is 1. The molecule has 2 saturated heterocycles. The van der Waals surface area contributed by atoms with Gasteiger partial charge in [0, 0.05) is 56.8 Å². The van der Waals surface area contributed by atoms with Gasteiger partial charge in [-0.1, -0.05) is 41.4 Å². The molecular formula is C24H30ClN3O3S. The number of rotatable bonds is 5. The summed E-state index contributed by atoms with van der Waals surface area (Å²) in [5.41, 5.74) is 2.57. The fourth-order valence-electron chi connectivity index (χ4n) is 4.55. The Bertz CT molecular complexity index is 1040. The highest BCUT2D eigenvalue weighted by Gasteiger charge is 2.34. The summed E-state index contributed by atoms with van der Waals surface area (Å²) < 4.78 is 27.2. The maximum Gasteiger partial charge on any atom is 0.243 e. The molecule has 8 heteroatoms. The third-order valence-electron chi connectivity index (χ3n) is 6.43. The van der Waals surface area contributed by atoms with Gasteiger partial charge < -0.3 is 4.90 Å². The Kier molecular flexibility index (Phi) is 7.20. The molecule has 0 saturated carbocycles. The number of carbonyl (C=O) groups excluding carboxylic acids is 1. The highest BCUT2D eigenvalue weighted by Crippen LogP contribution is 2.26. The largest absolute Gasteiger partial charge is 0.340 e. The van der Waals surface area contributed by atoms with E-state index in [0.717, 1.165) is 32.7 Å². The number of carbonyl (C=O) groups is 1. The average molecular weight is 476 g/mol. The van der Waals surface area contributed by atoms with E-state index < -0.39 is 10.0 Å². The Balaban J connectivity index is 1.27. The van der Waals surface area contributed by atoms with E-state index in [4.69, 9.17) is 11.6 Å². The molecular weight excluding hydrogens is 446 g/mol. The number of nitrogens with zero attached hydrogens (tertiary/aromatic N) is 3. The fraction of sp³-hybridized carbons (Fsp3) is 0.458. The molecule has 0 bridgehead atoms. The van der Waals surface area contributed by atoms with Gasteiger partial charge >= 0.3 is 0 Å². The van der Waals surface area contributed by atoms with Crippen molar-refractivity contribution in [1.82, 2.24) is 14.1 Å². The van der Waals surface area contributed by atoms with Gasteiger partial charge in [-0.05, 0) is 49.6 Å². The third kappa shape index (κ3) is 5.34. The summed E-state index contributed by atoms with van der Waals surface area (Å²) in [5, 5.41) is 0.507. The Labute approximate surface area is 195 Å². The predicted molar refractivity (Wildman–Crippen MR) is 126 cm³/mol. The van der Waals surface area contributed by atoms with E-state index in [-0.39, 0.29) is 16.7 Å². The van der Waals surface area contributed by atoms with E-state index in [2.05, 4.69) is 36.1 Å². The van der Waals surface area contributed by atoms with Crippen molar-refractivity contribution in [2.45, 2.75) is 31.2 Å². The highest BCUT2D eigenvalue weighted by molar-refractivity contribution is 7.89. The van der Waals surface area contributed by atoms with E-state index in [1.807, 2.05) is 4.90 Å². The maximum atomic E-state index is 13.1. The number of piperazine rings is 1. The molecule has 0 radical (unpaired) electrons. The summed E-state index contributed by atoms with van der Waals surface area (Å²) in [5.74, 6) is 0.0683. The van der Waals surface area contributed by atoms with Crippen molar-refractivity contribution in [1.29, 1.82) is 0 Å². The molecule has 0 spiro atoms. The molecule has 1 amide bonds. The SMILES string of the molecule is Cc1cccc(CN2CCN(C(=O)C3CCN(S(=O)(=O)c4ccc(Cl)cc4)CC3)CC2)c1. The number of amides is 1. The molecule has 0 N–H and O–H groups in total. The van der Waals surface area contributed by atoms with E-state index >= 15 is 0 Å². The normalized spacial score (nSPS) is 19.2. The summed E-state index contributed by atoms with van der Waals surface area (Å²) in [6.07, 6.45) is 1.13. The van der Waals surface area contributed by atoms with Gasteiger partial charge in [0.05, 0.1) is 4.90 Å². The van der Waals surface area contributed by atoms with Crippen LogP contribution >= 0.6 is 11.6 Å². The van der Waals surface area contributed by atoms with Crippen molar-refractivity contribution in [3.8, 4) is 0 Å². The minimum absolute atomic E-state index is 0.102. The zero-order valence-electron chi connectivity index (χ0n) is 18.4. The minimum Gasteiger partial charge on any atom is -0.340 e. The van der Waals surface area contributed by atoms with Crippen LogP contribution in [0, 0.1) is 12.8 Å². The molecule has 2 heterocycles. The standard InChI is InChI=1S/C24H30ClN3O3S/c1-19-3-2-4-20(17-19)18-26-13-15-27(16-14-26)24(29)21-9-11-28(12-10-21)32(30,31)23-7-5-22(25)6-8-23/h2-8,17,21H,9-16,18H2,1H3. The summed E-state index contributed by atoms with van der Waals surface area (Å²) in [4.78, 5) is 17.6. The molecule has 2 aromatic carbocycles. The maximum absolute atomic E-state index is 13.1. The van der Waals surface area contributed by atoms with Crippen LogP contribution in [0.15, 0.2) is 53.4 Å². The van der Waals surface area contributed by atoms with Crippen LogP contribution in [0.5, 0.6) is 0 Å².